The first-order chi connectivity index (χ1) is 35.7. The molecule has 10 aromatic rings. The molecule has 0 unspecified atom stereocenters. The lowest BCUT2D eigenvalue weighted by atomic mass is 10.0. The van der Waals surface area contributed by atoms with Crippen molar-refractivity contribution in [2.45, 2.75) is 6.54 Å². The van der Waals surface area contributed by atoms with Gasteiger partial charge in [-0.3, -0.25) is 4.79 Å². The third kappa shape index (κ3) is 8.53. The van der Waals surface area contributed by atoms with Crippen LogP contribution in [0.5, 0.6) is 0 Å². The molecule has 0 fully saturated rings. The van der Waals surface area contributed by atoms with Crippen LogP contribution in [0.4, 0.5) is 22.7 Å². The number of anilines is 4. The summed E-state index contributed by atoms with van der Waals surface area (Å²) in [5.41, 5.74) is 38.7. The van der Waals surface area contributed by atoms with Gasteiger partial charge in [-0.15, -0.1) is 0 Å². The van der Waals surface area contributed by atoms with Crippen LogP contribution in [0, 0.1) is 3.57 Å². The number of nitrogens with two attached hydrogens (primary N) is 3. The topological polar surface area (TPSA) is 182 Å². The summed E-state index contributed by atoms with van der Waals surface area (Å²) in [7, 11) is 0. The van der Waals surface area contributed by atoms with Gasteiger partial charge < -0.3 is 37.1 Å². The van der Waals surface area contributed by atoms with Crippen molar-refractivity contribution in [1.29, 1.82) is 0 Å². The summed E-state index contributed by atoms with van der Waals surface area (Å²) in [5.74, 6) is -0.255. The predicted octanol–water partition coefficient (Wildman–Crippen LogP) is 13.8. The Morgan fingerprint density at radius 2 is 0.973 bits per heavy atom. The molecule has 0 atom stereocenters. The second-order valence-electron chi connectivity index (χ2n) is 17.9. The summed E-state index contributed by atoms with van der Waals surface area (Å²) < 4.78 is 3.25. The first-order valence-electron chi connectivity index (χ1n) is 23.7. The van der Waals surface area contributed by atoms with Crippen LogP contribution in [0.2, 0.25) is 0 Å². The summed E-state index contributed by atoms with van der Waals surface area (Å²) in [6.07, 6.45) is 11.8. The van der Waals surface area contributed by atoms with Crippen LogP contribution in [-0.4, -0.2) is 35.4 Å². The van der Waals surface area contributed by atoms with Gasteiger partial charge in [-0.1, -0.05) is 97.1 Å². The van der Waals surface area contributed by atoms with E-state index in [1.165, 1.54) is 0 Å². The van der Waals surface area contributed by atoms with Crippen molar-refractivity contribution in [2.24, 2.45) is 0 Å². The Balaban J connectivity index is 1.06. The van der Waals surface area contributed by atoms with Crippen molar-refractivity contribution in [3.63, 3.8) is 0 Å². The number of carbonyl (C=O) groups is 1. The minimum atomic E-state index is -0.255. The molecule has 6 heterocycles. The number of hydrogen-bond donors (Lipinski definition) is 6. The molecule has 11 nitrogen and oxygen atoms in total. The van der Waals surface area contributed by atoms with Crippen LogP contribution in [0.1, 0.15) is 38.7 Å². The highest BCUT2D eigenvalue weighted by atomic mass is 127. The van der Waals surface area contributed by atoms with E-state index in [0.29, 0.717) is 51.9 Å². The van der Waals surface area contributed by atoms with E-state index in [4.69, 9.17) is 27.2 Å². The molecule has 0 saturated carbocycles. The van der Waals surface area contributed by atoms with Crippen LogP contribution in [-0.2, 0) is 6.54 Å². The Labute approximate surface area is 434 Å². The van der Waals surface area contributed by atoms with Gasteiger partial charge in [-0.2, -0.15) is 0 Å². The molecule has 6 aromatic carbocycles. The second kappa shape index (κ2) is 18.8. The zero-order valence-corrected chi connectivity index (χ0v) is 41.3. The zero-order chi connectivity index (χ0) is 49.6. The van der Waals surface area contributed by atoms with Crippen molar-refractivity contribution in [3.8, 4) is 55.8 Å². The molecular weight excluding hydrogens is 1020 g/mol. The molecule has 0 spiro atoms. The Kier molecular flexibility index (Phi) is 11.6. The summed E-state index contributed by atoms with van der Waals surface area (Å²) in [4.78, 5) is 37.4. The number of benzene rings is 6. The van der Waals surface area contributed by atoms with Crippen molar-refractivity contribution < 1.29 is 4.79 Å². The predicted molar refractivity (Wildman–Crippen MR) is 308 cm³/mol. The highest BCUT2D eigenvalue weighted by Gasteiger charge is 2.22. The number of aromatic nitrogens is 6. The van der Waals surface area contributed by atoms with E-state index in [1.54, 1.807) is 0 Å². The Bertz CT molecular complexity index is 4020. The molecule has 4 aromatic heterocycles. The zero-order valence-electron chi connectivity index (χ0n) is 39.1. The molecule has 73 heavy (non-hydrogen) atoms. The third-order valence-electron chi connectivity index (χ3n) is 13.3. The average Bonchev–Trinajstić information content (AvgIpc) is 4.29. The van der Waals surface area contributed by atoms with Crippen molar-refractivity contribution >= 4 is 97.6 Å². The van der Waals surface area contributed by atoms with Crippen LogP contribution in [0.3, 0.4) is 0 Å². The van der Waals surface area contributed by atoms with Crippen LogP contribution >= 0.6 is 22.6 Å². The summed E-state index contributed by atoms with van der Waals surface area (Å²) in [6, 6.07) is 55.5. The van der Waals surface area contributed by atoms with Crippen molar-refractivity contribution in [3.05, 3.63) is 220 Å². The number of para-hydroxylation sites is 4. The van der Waals surface area contributed by atoms with Crippen LogP contribution in [0.25, 0.3) is 102 Å². The SMILES string of the molecule is Nc1ccccc1-c1c2nc(c(-c3ccccc3N)c3ccc([nH]3)c(-c3ccccc3NC(=O)c3cccc(Cn4cncc4-c4ccc(I)cc4)c3)c3nc(c(-c4ccccc4N)c4ccc1[nH]4)C=C3)C=C2. The lowest BCUT2D eigenvalue weighted by molar-refractivity contribution is 0.102. The van der Waals surface area contributed by atoms with Gasteiger partial charge in [0, 0.05) is 105 Å². The smallest absolute Gasteiger partial charge is 0.255 e. The van der Waals surface area contributed by atoms with E-state index in [2.05, 4.69) is 77.8 Å². The fourth-order valence-corrected chi connectivity index (χ4v) is 10.2. The number of fused-ring (bicyclic) bond motifs is 8. The molecule has 0 aliphatic carbocycles. The van der Waals surface area contributed by atoms with Gasteiger partial charge in [0.25, 0.3) is 5.91 Å². The number of imidazole rings is 1. The first kappa shape index (κ1) is 44.9. The quantitative estimate of drug-likeness (QED) is 0.0614. The fourth-order valence-electron chi connectivity index (χ4n) is 9.83. The molecule has 2 aliphatic rings. The van der Waals surface area contributed by atoms with E-state index in [-0.39, 0.29) is 5.91 Å². The largest absolute Gasteiger partial charge is 0.398 e. The molecule has 352 valence electrons. The van der Waals surface area contributed by atoms with Gasteiger partial charge in [0.1, 0.15) is 0 Å². The number of nitrogen functional groups attached to an aromatic ring is 3. The third-order valence-corrected chi connectivity index (χ3v) is 14.0. The minimum absolute atomic E-state index is 0.255. The number of aromatic amines is 2. The molecule has 1 amide bonds. The maximum absolute atomic E-state index is 14.5. The standard InChI is InChI=1S/C61H45IN10O/c62-39-22-20-37(21-23-39)56-33-66-35-72(56)34-36-10-9-11-38(32-36)61(73)71-47-19-8-4-15-43(47)60-54-30-28-52(69-54)58(41-13-2-6-17-45(41)64)50-26-24-48(67-50)57(40-12-1-5-16-44(40)63)49-25-27-51(68-49)59(53-29-31-55(60)70-53)42-14-3-7-18-46(42)65/h1-33,35,67,70H,34,63-65H2,(H,71,73). The second-order valence-corrected chi connectivity index (χ2v) is 19.1. The van der Waals surface area contributed by atoms with Gasteiger partial charge in [-0.25, -0.2) is 15.0 Å². The molecular formula is C61H45IN10O. The van der Waals surface area contributed by atoms with E-state index >= 15 is 0 Å². The Hall–Kier alpha value is -9.27. The first-order valence-corrected chi connectivity index (χ1v) is 24.8. The molecule has 12 rings (SSSR count). The number of nitrogens with zero attached hydrogens (tertiary/aromatic N) is 4. The van der Waals surface area contributed by atoms with Crippen molar-refractivity contribution in [2.75, 3.05) is 22.5 Å². The van der Waals surface area contributed by atoms with Gasteiger partial charge in [0.15, 0.2) is 0 Å². The monoisotopic (exact) mass is 1060 g/mol. The van der Waals surface area contributed by atoms with E-state index < -0.39 is 0 Å². The number of halogens is 1. The highest BCUT2D eigenvalue weighted by molar-refractivity contribution is 14.1. The molecule has 0 saturated heterocycles. The van der Waals surface area contributed by atoms with Crippen LogP contribution in [0.15, 0.2) is 182 Å². The number of nitrogens with one attached hydrogen (secondary N) is 3. The highest BCUT2D eigenvalue weighted by Crippen LogP contribution is 2.42. The fraction of sp³-hybridized carbons (Fsp3) is 0.0164. The number of H-pyrrole nitrogens is 2. The van der Waals surface area contributed by atoms with Gasteiger partial charge in [0.05, 0.1) is 41.0 Å². The average molecular weight is 1060 g/mol. The Morgan fingerprint density at radius 3 is 1.47 bits per heavy atom. The van der Waals surface area contributed by atoms with Gasteiger partial charge >= 0.3 is 0 Å². The molecule has 2 aliphatic heterocycles. The number of hydrogen-bond acceptors (Lipinski definition) is 7. The van der Waals surface area contributed by atoms with E-state index in [9.17, 15) is 4.79 Å². The summed E-state index contributed by atoms with van der Waals surface area (Å²) in [5, 5.41) is 3.29. The summed E-state index contributed by atoms with van der Waals surface area (Å²) >= 11 is 2.31. The molecule has 0 radical (unpaired) electrons. The number of amides is 1. The van der Waals surface area contributed by atoms with Gasteiger partial charge in [-0.05, 0) is 131 Å². The lowest BCUT2D eigenvalue weighted by Crippen LogP contribution is -2.13. The summed E-state index contributed by atoms with van der Waals surface area (Å²) in [6.45, 7) is 0.533. The van der Waals surface area contributed by atoms with Crippen molar-refractivity contribution in [1.82, 2.24) is 29.5 Å². The van der Waals surface area contributed by atoms with Gasteiger partial charge in [0.2, 0.25) is 0 Å². The normalized spacial score (nSPS) is 11.8. The van der Waals surface area contributed by atoms with E-state index in [0.717, 1.165) is 92.7 Å². The molecule has 12 heteroatoms. The minimum Gasteiger partial charge on any atom is -0.398 e. The number of rotatable bonds is 9. The maximum Gasteiger partial charge on any atom is 0.255 e. The van der Waals surface area contributed by atoms with Crippen LogP contribution < -0.4 is 22.5 Å². The van der Waals surface area contributed by atoms with E-state index in [1.807, 2.05) is 176 Å². The molecule has 9 N–H and O–H groups in total. The Morgan fingerprint density at radius 1 is 0.521 bits per heavy atom. The molecule has 8 bridgehead atoms. The number of carbonyl (C=O) groups excluding carboxylic acids is 1. The lowest BCUT2D eigenvalue weighted by Gasteiger charge is -2.14. The maximum atomic E-state index is 14.5.